The van der Waals surface area contributed by atoms with E-state index in [1.807, 2.05) is 47.2 Å². The van der Waals surface area contributed by atoms with Crippen molar-refractivity contribution in [2.24, 2.45) is 0 Å². The fourth-order valence-corrected chi connectivity index (χ4v) is 3.64. The topological polar surface area (TPSA) is 75.4 Å². The quantitative estimate of drug-likeness (QED) is 0.730. The van der Waals surface area contributed by atoms with Gasteiger partial charge in [-0.3, -0.25) is 9.69 Å². The Morgan fingerprint density at radius 3 is 2.76 bits per heavy atom. The Labute approximate surface area is 148 Å². The second-order valence-corrected chi connectivity index (χ2v) is 6.79. The average molecular weight is 353 g/mol. The number of rotatable bonds is 4. The Hall–Kier alpha value is -2.93. The maximum absolute atomic E-state index is 12.8. The molecule has 0 unspecified atom stereocenters. The summed E-state index contributed by atoms with van der Waals surface area (Å²) in [5.41, 5.74) is 1.16. The van der Waals surface area contributed by atoms with Crippen molar-refractivity contribution in [1.29, 1.82) is 0 Å². The SMILES string of the molecule is C[C@@]1(c2ccsc2)NC(=O)N(Cc2cc(-c3ccccc3)on2)C1=O. The van der Waals surface area contributed by atoms with Crippen molar-refractivity contribution >= 4 is 23.3 Å². The van der Waals surface area contributed by atoms with Gasteiger partial charge in [-0.1, -0.05) is 35.5 Å². The molecule has 0 bridgehead atoms. The summed E-state index contributed by atoms with van der Waals surface area (Å²) in [4.78, 5) is 26.3. The molecule has 1 atom stereocenters. The van der Waals surface area contributed by atoms with E-state index in [2.05, 4.69) is 10.5 Å². The van der Waals surface area contributed by atoms with E-state index in [0.717, 1.165) is 11.1 Å². The van der Waals surface area contributed by atoms with Gasteiger partial charge in [-0.15, -0.1) is 0 Å². The largest absolute Gasteiger partial charge is 0.356 e. The number of aromatic nitrogens is 1. The molecule has 0 aliphatic carbocycles. The van der Waals surface area contributed by atoms with E-state index in [1.165, 1.54) is 16.2 Å². The Morgan fingerprint density at radius 1 is 1.24 bits per heavy atom. The molecule has 25 heavy (non-hydrogen) atoms. The van der Waals surface area contributed by atoms with Crippen LogP contribution in [-0.4, -0.2) is 22.0 Å². The molecule has 0 spiro atoms. The first-order valence-corrected chi connectivity index (χ1v) is 8.70. The molecule has 6 nitrogen and oxygen atoms in total. The predicted octanol–water partition coefficient (Wildman–Crippen LogP) is 3.37. The van der Waals surface area contributed by atoms with Gasteiger partial charge >= 0.3 is 6.03 Å². The Bertz CT molecular complexity index is 920. The lowest BCUT2D eigenvalue weighted by atomic mass is 9.95. The van der Waals surface area contributed by atoms with Crippen LogP contribution < -0.4 is 5.32 Å². The van der Waals surface area contributed by atoms with E-state index in [9.17, 15) is 9.59 Å². The third-order valence-electron chi connectivity index (χ3n) is 4.31. The summed E-state index contributed by atoms with van der Waals surface area (Å²) < 4.78 is 5.34. The molecule has 1 aliphatic rings. The van der Waals surface area contributed by atoms with Crippen molar-refractivity contribution in [1.82, 2.24) is 15.4 Å². The molecule has 1 aliphatic heterocycles. The summed E-state index contributed by atoms with van der Waals surface area (Å²) in [6.45, 7) is 1.79. The van der Waals surface area contributed by atoms with Crippen molar-refractivity contribution < 1.29 is 14.1 Å². The van der Waals surface area contributed by atoms with Crippen LogP contribution >= 0.6 is 11.3 Å². The number of imide groups is 1. The van der Waals surface area contributed by atoms with Gasteiger partial charge in [0.2, 0.25) is 0 Å². The maximum Gasteiger partial charge on any atom is 0.325 e. The minimum absolute atomic E-state index is 0.0702. The summed E-state index contributed by atoms with van der Waals surface area (Å²) in [7, 11) is 0. The van der Waals surface area contributed by atoms with Crippen molar-refractivity contribution in [3.8, 4) is 11.3 Å². The van der Waals surface area contributed by atoms with Crippen LogP contribution in [0, 0.1) is 0 Å². The van der Waals surface area contributed by atoms with Gasteiger partial charge in [0.15, 0.2) is 5.76 Å². The first-order valence-electron chi connectivity index (χ1n) is 7.76. The highest BCUT2D eigenvalue weighted by Crippen LogP contribution is 2.31. The number of nitrogens with zero attached hydrogens (tertiary/aromatic N) is 2. The van der Waals surface area contributed by atoms with Crippen LogP contribution in [0.3, 0.4) is 0 Å². The molecule has 2 aromatic heterocycles. The second-order valence-electron chi connectivity index (χ2n) is 6.01. The minimum Gasteiger partial charge on any atom is -0.356 e. The number of benzene rings is 1. The standard InChI is InChI=1S/C18H15N3O3S/c1-18(13-7-8-25-11-13)16(22)21(17(23)19-18)10-14-9-15(24-20-14)12-5-3-2-4-6-12/h2-9,11H,10H2,1H3,(H,19,23)/t18-/m0/s1. The van der Waals surface area contributed by atoms with Crippen molar-refractivity contribution in [2.75, 3.05) is 0 Å². The molecular formula is C18H15N3O3S. The zero-order chi connectivity index (χ0) is 17.4. The summed E-state index contributed by atoms with van der Waals surface area (Å²) >= 11 is 1.49. The fraction of sp³-hybridized carbons (Fsp3) is 0.167. The van der Waals surface area contributed by atoms with Gasteiger partial charge in [0.25, 0.3) is 5.91 Å². The van der Waals surface area contributed by atoms with Crippen LogP contribution in [0.4, 0.5) is 4.79 Å². The molecule has 4 rings (SSSR count). The minimum atomic E-state index is -1.04. The molecule has 1 N–H and O–H groups in total. The number of hydrogen-bond donors (Lipinski definition) is 1. The first-order chi connectivity index (χ1) is 12.1. The number of thiophene rings is 1. The summed E-state index contributed by atoms with van der Waals surface area (Å²) in [6.07, 6.45) is 0. The lowest BCUT2D eigenvalue weighted by Gasteiger charge is -2.20. The Kier molecular flexibility index (Phi) is 3.65. The van der Waals surface area contributed by atoms with Crippen LogP contribution in [-0.2, 0) is 16.9 Å². The van der Waals surface area contributed by atoms with E-state index in [-0.39, 0.29) is 12.5 Å². The molecule has 0 radical (unpaired) electrons. The maximum atomic E-state index is 12.8. The fourth-order valence-electron chi connectivity index (χ4n) is 2.87. The first kappa shape index (κ1) is 15.6. The van der Waals surface area contributed by atoms with Crippen LogP contribution in [0.15, 0.2) is 57.7 Å². The third-order valence-corrected chi connectivity index (χ3v) is 4.99. The van der Waals surface area contributed by atoms with Gasteiger partial charge in [-0.05, 0) is 29.3 Å². The van der Waals surface area contributed by atoms with Crippen LogP contribution in [0.1, 0.15) is 18.2 Å². The highest BCUT2D eigenvalue weighted by molar-refractivity contribution is 7.08. The lowest BCUT2D eigenvalue weighted by Crippen LogP contribution is -2.40. The van der Waals surface area contributed by atoms with E-state index in [1.54, 1.807) is 13.0 Å². The smallest absolute Gasteiger partial charge is 0.325 e. The molecule has 7 heteroatoms. The summed E-state index contributed by atoms with van der Waals surface area (Å²) in [5.74, 6) is 0.309. The van der Waals surface area contributed by atoms with Gasteiger partial charge < -0.3 is 9.84 Å². The Morgan fingerprint density at radius 2 is 2.04 bits per heavy atom. The van der Waals surface area contributed by atoms with Crippen molar-refractivity contribution in [2.45, 2.75) is 19.0 Å². The average Bonchev–Trinajstić information content (AvgIpc) is 3.34. The Balaban J connectivity index is 1.56. The third kappa shape index (κ3) is 2.62. The number of hydrogen-bond acceptors (Lipinski definition) is 5. The molecule has 1 fully saturated rings. The van der Waals surface area contributed by atoms with E-state index in [4.69, 9.17) is 4.52 Å². The second kappa shape index (κ2) is 5.86. The monoisotopic (exact) mass is 353 g/mol. The van der Waals surface area contributed by atoms with Gasteiger partial charge in [0.1, 0.15) is 11.2 Å². The highest BCUT2D eigenvalue weighted by atomic mass is 32.1. The molecule has 3 amide bonds. The molecule has 3 heterocycles. The molecule has 0 saturated carbocycles. The number of carbonyl (C=O) groups excluding carboxylic acids is 2. The number of carbonyl (C=O) groups is 2. The van der Waals surface area contributed by atoms with Crippen molar-refractivity contribution in [3.63, 3.8) is 0 Å². The molecule has 126 valence electrons. The molecular weight excluding hydrogens is 338 g/mol. The van der Waals surface area contributed by atoms with Crippen LogP contribution in [0.2, 0.25) is 0 Å². The van der Waals surface area contributed by atoms with Crippen LogP contribution in [0.5, 0.6) is 0 Å². The number of nitrogens with one attached hydrogen (secondary N) is 1. The zero-order valence-corrected chi connectivity index (χ0v) is 14.2. The summed E-state index contributed by atoms with van der Waals surface area (Å²) in [6, 6.07) is 12.7. The number of amides is 3. The normalized spacial score (nSPS) is 20.1. The molecule has 3 aromatic rings. The van der Waals surface area contributed by atoms with E-state index < -0.39 is 11.6 Å². The zero-order valence-electron chi connectivity index (χ0n) is 13.4. The van der Waals surface area contributed by atoms with Gasteiger partial charge in [-0.25, -0.2) is 4.79 Å². The highest BCUT2D eigenvalue weighted by Gasteiger charge is 2.49. The predicted molar refractivity (Wildman–Crippen MR) is 92.7 cm³/mol. The van der Waals surface area contributed by atoms with Crippen molar-refractivity contribution in [3.05, 3.63) is 64.5 Å². The van der Waals surface area contributed by atoms with E-state index in [0.29, 0.717) is 11.5 Å². The van der Waals surface area contributed by atoms with Crippen LogP contribution in [0.25, 0.3) is 11.3 Å². The van der Waals surface area contributed by atoms with Gasteiger partial charge in [-0.2, -0.15) is 11.3 Å². The summed E-state index contributed by atoms with van der Waals surface area (Å²) in [5, 5.41) is 10.5. The van der Waals surface area contributed by atoms with E-state index >= 15 is 0 Å². The molecule has 1 aromatic carbocycles. The lowest BCUT2D eigenvalue weighted by molar-refractivity contribution is -0.131. The van der Waals surface area contributed by atoms with Gasteiger partial charge in [0.05, 0.1) is 6.54 Å². The molecule has 1 saturated heterocycles. The number of urea groups is 1. The van der Waals surface area contributed by atoms with Gasteiger partial charge in [0, 0.05) is 11.6 Å².